The van der Waals surface area contributed by atoms with Crippen molar-refractivity contribution in [3.05, 3.63) is 29.8 Å². The third kappa shape index (κ3) is 3.33. The topological polar surface area (TPSA) is 60.9 Å². The summed E-state index contributed by atoms with van der Waals surface area (Å²) in [7, 11) is 0. The lowest BCUT2D eigenvalue weighted by atomic mass is 9.94. The van der Waals surface area contributed by atoms with E-state index in [1.54, 1.807) is 4.90 Å². The van der Waals surface area contributed by atoms with Crippen LogP contribution < -0.4 is 4.90 Å². The van der Waals surface area contributed by atoms with Crippen molar-refractivity contribution >= 4 is 23.4 Å². The molecule has 0 spiro atoms. The summed E-state index contributed by atoms with van der Waals surface area (Å²) in [5.41, 5.74) is 1.48. The predicted molar refractivity (Wildman–Crippen MR) is 102 cm³/mol. The molecule has 0 saturated carbocycles. The number of hydrogen-bond donors (Lipinski definition) is 0. The Labute approximate surface area is 160 Å². The van der Waals surface area contributed by atoms with Gasteiger partial charge in [-0.05, 0) is 49.9 Å². The number of piperidine rings is 1. The summed E-state index contributed by atoms with van der Waals surface area (Å²) < 4.78 is 0. The van der Waals surface area contributed by atoms with Gasteiger partial charge in [0.05, 0.1) is 5.92 Å². The fourth-order valence-electron chi connectivity index (χ4n) is 4.63. The molecule has 4 fully saturated rings. The van der Waals surface area contributed by atoms with Crippen LogP contribution in [0.3, 0.4) is 0 Å². The molecule has 2 atom stereocenters. The Balaban J connectivity index is 1.49. The number of carbonyl (C=O) groups is 3. The van der Waals surface area contributed by atoms with Crippen molar-refractivity contribution in [1.29, 1.82) is 0 Å². The fourth-order valence-corrected chi connectivity index (χ4v) is 4.63. The van der Waals surface area contributed by atoms with Crippen molar-refractivity contribution in [2.45, 2.75) is 45.1 Å². The van der Waals surface area contributed by atoms with E-state index in [1.807, 2.05) is 34.1 Å². The molecule has 6 heteroatoms. The molecule has 3 amide bonds. The maximum absolute atomic E-state index is 13.1. The maximum atomic E-state index is 13.1. The molecule has 4 aliphatic rings. The second-order valence-corrected chi connectivity index (χ2v) is 7.87. The second kappa shape index (κ2) is 7.33. The lowest BCUT2D eigenvalue weighted by Gasteiger charge is -2.35. The molecule has 5 rings (SSSR count). The molecular weight excluding hydrogens is 342 g/mol. The summed E-state index contributed by atoms with van der Waals surface area (Å²) in [6.07, 6.45) is 4.29. The van der Waals surface area contributed by atoms with E-state index in [2.05, 4.69) is 6.92 Å². The molecule has 4 aliphatic heterocycles. The number of rotatable bonds is 4. The van der Waals surface area contributed by atoms with E-state index in [9.17, 15) is 14.4 Å². The minimum absolute atomic E-state index is 0.0163. The number of amides is 3. The molecule has 1 aromatic rings. The summed E-state index contributed by atoms with van der Waals surface area (Å²) in [5.74, 6) is 0.275. The Morgan fingerprint density at radius 1 is 1.11 bits per heavy atom. The van der Waals surface area contributed by atoms with Crippen molar-refractivity contribution in [3.8, 4) is 0 Å². The Morgan fingerprint density at radius 3 is 2.56 bits per heavy atom. The van der Waals surface area contributed by atoms with Crippen LogP contribution in [0.4, 0.5) is 5.69 Å². The highest BCUT2D eigenvalue weighted by Gasteiger charge is 2.41. The molecule has 0 aromatic heterocycles. The van der Waals surface area contributed by atoms with Gasteiger partial charge in [-0.25, -0.2) is 0 Å². The van der Waals surface area contributed by atoms with E-state index < -0.39 is 0 Å². The van der Waals surface area contributed by atoms with Crippen LogP contribution in [0.15, 0.2) is 24.3 Å². The molecule has 4 saturated heterocycles. The Morgan fingerprint density at radius 2 is 1.89 bits per heavy atom. The van der Waals surface area contributed by atoms with Crippen LogP contribution in [0.5, 0.6) is 0 Å². The highest BCUT2D eigenvalue weighted by Crippen LogP contribution is 2.30. The second-order valence-electron chi connectivity index (χ2n) is 7.87. The van der Waals surface area contributed by atoms with Gasteiger partial charge < -0.3 is 14.7 Å². The van der Waals surface area contributed by atoms with Gasteiger partial charge in [0.2, 0.25) is 11.8 Å². The number of carbonyl (C=O) groups excluding carboxylic acids is 3. The van der Waals surface area contributed by atoms with Crippen molar-refractivity contribution in [2.24, 2.45) is 5.92 Å². The normalized spacial score (nSPS) is 25.3. The molecule has 6 nitrogen and oxygen atoms in total. The number of benzene rings is 1. The molecule has 0 N–H and O–H groups in total. The first-order chi connectivity index (χ1) is 13.1. The van der Waals surface area contributed by atoms with E-state index in [4.69, 9.17) is 0 Å². The van der Waals surface area contributed by atoms with Gasteiger partial charge in [0.15, 0.2) is 0 Å². The SMILES string of the molecule is CCCN1C(=O)[C@H]2CC[C@@H]1CN(C(=O)c1ccc(N3CCCC3=O)cc1)C2. The van der Waals surface area contributed by atoms with Gasteiger partial charge in [0, 0.05) is 49.9 Å². The van der Waals surface area contributed by atoms with Crippen LogP contribution >= 0.6 is 0 Å². The minimum atomic E-state index is -0.0688. The molecule has 144 valence electrons. The average molecular weight is 369 g/mol. The Bertz CT molecular complexity index is 746. The summed E-state index contributed by atoms with van der Waals surface area (Å²) >= 11 is 0. The first-order valence-corrected chi connectivity index (χ1v) is 10.1. The molecule has 2 bridgehead atoms. The van der Waals surface area contributed by atoms with E-state index in [0.29, 0.717) is 25.1 Å². The summed E-state index contributed by atoms with van der Waals surface area (Å²) in [6.45, 7) is 4.74. The van der Waals surface area contributed by atoms with Crippen LogP contribution in [0.1, 0.15) is 49.4 Å². The third-order valence-corrected chi connectivity index (χ3v) is 6.04. The fraction of sp³-hybridized carbons (Fsp3) is 0.571. The first kappa shape index (κ1) is 18.0. The number of anilines is 1. The largest absolute Gasteiger partial charge is 0.338 e. The zero-order valence-electron chi connectivity index (χ0n) is 15.9. The van der Waals surface area contributed by atoms with Gasteiger partial charge in [-0.3, -0.25) is 14.4 Å². The van der Waals surface area contributed by atoms with E-state index in [0.717, 1.165) is 44.5 Å². The Hall–Kier alpha value is -2.37. The van der Waals surface area contributed by atoms with Gasteiger partial charge in [-0.15, -0.1) is 0 Å². The van der Waals surface area contributed by atoms with Gasteiger partial charge in [0.25, 0.3) is 5.91 Å². The monoisotopic (exact) mass is 369 g/mol. The van der Waals surface area contributed by atoms with Crippen LogP contribution in [-0.4, -0.2) is 59.7 Å². The van der Waals surface area contributed by atoms with Crippen molar-refractivity contribution < 1.29 is 14.4 Å². The van der Waals surface area contributed by atoms with Crippen molar-refractivity contribution in [2.75, 3.05) is 31.1 Å². The smallest absolute Gasteiger partial charge is 0.253 e. The lowest BCUT2D eigenvalue weighted by Crippen LogP contribution is -2.48. The van der Waals surface area contributed by atoms with Crippen LogP contribution in [0.25, 0.3) is 0 Å². The zero-order chi connectivity index (χ0) is 19.0. The van der Waals surface area contributed by atoms with E-state index >= 15 is 0 Å². The summed E-state index contributed by atoms with van der Waals surface area (Å²) in [4.78, 5) is 43.2. The quantitative estimate of drug-likeness (QED) is 0.818. The molecule has 0 unspecified atom stereocenters. The predicted octanol–water partition coefficient (Wildman–Crippen LogP) is 2.29. The minimum Gasteiger partial charge on any atom is -0.338 e. The van der Waals surface area contributed by atoms with Gasteiger partial charge in [0.1, 0.15) is 0 Å². The number of fused-ring (bicyclic) bond motifs is 4. The summed E-state index contributed by atoms with van der Waals surface area (Å²) in [6, 6.07) is 7.47. The lowest BCUT2D eigenvalue weighted by molar-refractivity contribution is -0.139. The maximum Gasteiger partial charge on any atom is 0.253 e. The molecule has 27 heavy (non-hydrogen) atoms. The standard InChI is InChI=1S/C21H27N3O3/c1-2-11-24-18-10-7-16(21(24)27)13-22(14-18)20(26)15-5-8-17(9-6-15)23-12-3-4-19(23)25/h5-6,8-9,16,18H,2-4,7,10-14H2,1H3/t16-,18+/m0/s1. The molecule has 1 aromatic carbocycles. The van der Waals surface area contributed by atoms with Crippen LogP contribution in [0.2, 0.25) is 0 Å². The zero-order valence-corrected chi connectivity index (χ0v) is 15.9. The molecule has 0 radical (unpaired) electrons. The summed E-state index contributed by atoms with van der Waals surface area (Å²) in [5, 5.41) is 0. The highest BCUT2D eigenvalue weighted by molar-refractivity contribution is 5.98. The highest BCUT2D eigenvalue weighted by atomic mass is 16.2. The van der Waals surface area contributed by atoms with Crippen LogP contribution in [0, 0.1) is 5.92 Å². The molecular formula is C21H27N3O3. The Kier molecular flexibility index (Phi) is 4.89. The average Bonchev–Trinajstić information content (AvgIpc) is 2.93. The van der Waals surface area contributed by atoms with Gasteiger partial charge in [-0.1, -0.05) is 6.92 Å². The van der Waals surface area contributed by atoms with Crippen molar-refractivity contribution in [1.82, 2.24) is 9.80 Å². The molecule has 0 aliphatic carbocycles. The van der Waals surface area contributed by atoms with E-state index in [-0.39, 0.29) is 29.7 Å². The first-order valence-electron chi connectivity index (χ1n) is 10.1. The van der Waals surface area contributed by atoms with Crippen molar-refractivity contribution in [3.63, 3.8) is 0 Å². The van der Waals surface area contributed by atoms with Gasteiger partial charge in [-0.2, -0.15) is 0 Å². The molecule has 4 heterocycles. The number of hydrogen-bond acceptors (Lipinski definition) is 3. The van der Waals surface area contributed by atoms with E-state index in [1.165, 1.54) is 0 Å². The van der Waals surface area contributed by atoms with Gasteiger partial charge >= 0.3 is 0 Å². The third-order valence-electron chi connectivity index (χ3n) is 6.04. The number of nitrogens with zero attached hydrogens (tertiary/aromatic N) is 3. The van der Waals surface area contributed by atoms with Crippen LogP contribution in [-0.2, 0) is 9.59 Å².